The zero-order valence-corrected chi connectivity index (χ0v) is 10.1. The Bertz CT molecular complexity index is 541. The molecule has 6 heteroatoms. The highest BCUT2D eigenvalue weighted by atomic mass is 32.2. The Labute approximate surface area is 101 Å². The zero-order chi connectivity index (χ0) is 12.3. The highest BCUT2D eigenvalue weighted by Gasteiger charge is 2.11. The van der Waals surface area contributed by atoms with E-state index in [0.29, 0.717) is 17.8 Å². The van der Waals surface area contributed by atoms with Crippen molar-refractivity contribution < 1.29 is 8.60 Å². The monoisotopic (exact) mass is 253 g/mol. The zero-order valence-electron chi connectivity index (χ0n) is 9.31. The molecule has 0 amide bonds. The van der Waals surface area contributed by atoms with Gasteiger partial charge in [0.2, 0.25) is 5.16 Å². The fourth-order valence-corrected chi connectivity index (χ4v) is 2.35. The van der Waals surface area contributed by atoms with Crippen LogP contribution in [0.3, 0.4) is 0 Å². The number of benzene rings is 1. The number of halogens is 1. The standard InChI is InChI=1S/C11H12FN3OS/c1-2-10-13-11(15-14-10)17(16)7-8-4-3-5-9(12)6-8/h3-6H,2,7H2,1H3,(H,13,14,15)/t17-/m0/s1. The van der Waals surface area contributed by atoms with Crippen molar-refractivity contribution in [3.8, 4) is 0 Å². The quantitative estimate of drug-likeness (QED) is 0.904. The number of aromatic nitrogens is 3. The molecule has 1 aromatic carbocycles. The highest BCUT2D eigenvalue weighted by Crippen LogP contribution is 2.10. The summed E-state index contributed by atoms with van der Waals surface area (Å²) in [5.74, 6) is 0.593. The number of rotatable bonds is 4. The molecule has 4 nitrogen and oxygen atoms in total. The largest absolute Gasteiger partial charge is 0.262 e. The number of nitrogens with zero attached hydrogens (tertiary/aromatic N) is 2. The Kier molecular flexibility index (Phi) is 3.63. The van der Waals surface area contributed by atoms with Crippen molar-refractivity contribution in [3.63, 3.8) is 0 Å². The molecule has 1 N–H and O–H groups in total. The van der Waals surface area contributed by atoms with Crippen molar-refractivity contribution >= 4 is 10.8 Å². The Hall–Kier alpha value is -1.56. The van der Waals surface area contributed by atoms with Crippen LogP contribution in [0.2, 0.25) is 0 Å². The van der Waals surface area contributed by atoms with Gasteiger partial charge in [0.1, 0.15) is 11.6 Å². The second kappa shape index (κ2) is 5.18. The van der Waals surface area contributed by atoms with E-state index in [9.17, 15) is 8.60 Å². The lowest BCUT2D eigenvalue weighted by molar-refractivity contribution is 0.626. The van der Waals surface area contributed by atoms with Gasteiger partial charge in [-0.1, -0.05) is 19.1 Å². The summed E-state index contributed by atoms with van der Waals surface area (Å²) in [4.78, 5) is 4.09. The molecule has 0 aliphatic heterocycles. The van der Waals surface area contributed by atoms with Crippen molar-refractivity contribution in [2.45, 2.75) is 24.3 Å². The highest BCUT2D eigenvalue weighted by molar-refractivity contribution is 7.84. The maximum atomic E-state index is 12.9. The van der Waals surface area contributed by atoms with Crippen molar-refractivity contribution in [2.75, 3.05) is 0 Å². The molecule has 0 aliphatic rings. The Morgan fingerprint density at radius 3 is 2.94 bits per heavy atom. The van der Waals surface area contributed by atoms with Crippen molar-refractivity contribution in [1.82, 2.24) is 15.2 Å². The summed E-state index contributed by atoms with van der Waals surface area (Å²) in [7, 11) is -1.34. The summed E-state index contributed by atoms with van der Waals surface area (Å²) in [5.41, 5.74) is 0.672. The summed E-state index contributed by atoms with van der Waals surface area (Å²) in [6.45, 7) is 1.93. The first kappa shape index (κ1) is 11.9. The summed E-state index contributed by atoms with van der Waals surface area (Å²) < 4.78 is 24.8. The number of aryl methyl sites for hydroxylation is 1. The average Bonchev–Trinajstić information content (AvgIpc) is 2.77. The van der Waals surface area contributed by atoms with Gasteiger partial charge in [0.05, 0.1) is 16.6 Å². The molecule has 0 aliphatic carbocycles. The summed E-state index contributed by atoms with van der Waals surface area (Å²) in [5, 5.41) is 6.85. The number of aromatic amines is 1. The molecule has 0 saturated carbocycles. The third kappa shape index (κ3) is 2.97. The molecular formula is C11H12FN3OS. The number of nitrogens with one attached hydrogen (secondary N) is 1. The Morgan fingerprint density at radius 2 is 2.29 bits per heavy atom. The van der Waals surface area contributed by atoms with E-state index in [1.807, 2.05) is 6.92 Å². The second-order valence-electron chi connectivity index (χ2n) is 3.54. The molecule has 17 heavy (non-hydrogen) atoms. The van der Waals surface area contributed by atoms with Crippen LogP contribution < -0.4 is 0 Å². The average molecular weight is 253 g/mol. The van der Waals surface area contributed by atoms with Crippen molar-refractivity contribution in [3.05, 3.63) is 41.5 Å². The Morgan fingerprint density at radius 1 is 1.47 bits per heavy atom. The number of H-pyrrole nitrogens is 1. The second-order valence-corrected chi connectivity index (χ2v) is 4.88. The smallest absolute Gasteiger partial charge is 0.239 e. The van der Waals surface area contributed by atoms with E-state index in [1.165, 1.54) is 12.1 Å². The van der Waals surface area contributed by atoms with Gasteiger partial charge >= 0.3 is 0 Å². The maximum absolute atomic E-state index is 12.9. The molecule has 2 rings (SSSR count). The van der Waals surface area contributed by atoms with Gasteiger partial charge in [-0.15, -0.1) is 5.10 Å². The van der Waals surface area contributed by atoms with Gasteiger partial charge in [-0.25, -0.2) is 9.37 Å². The van der Waals surface area contributed by atoms with Gasteiger partial charge in [-0.05, 0) is 17.7 Å². The predicted octanol–water partition coefficient (Wildman–Crippen LogP) is 1.81. The molecule has 90 valence electrons. The molecule has 1 heterocycles. The van der Waals surface area contributed by atoms with Gasteiger partial charge in [0.15, 0.2) is 0 Å². The van der Waals surface area contributed by atoms with Gasteiger partial charge in [-0.2, -0.15) is 0 Å². The fraction of sp³-hybridized carbons (Fsp3) is 0.273. The Balaban J connectivity index is 2.11. The molecule has 0 saturated heterocycles. The first-order valence-electron chi connectivity index (χ1n) is 5.23. The summed E-state index contributed by atoms with van der Waals surface area (Å²) in [6, 6.07) is 6.05. The molecule has 0 fully saturated rings. The van der Waals surface area contributed by atoms with Gasteiger partial charge in [0.25, 0.3) is 0 Å². The van der Waals surface area contributed by atoms with E-state index < -0.39 is 10.8 Å². The van der Waals surface area contributed by atoms with Crippen LogP contribution in [0, 0.1) is 5.82 Å². The summed E-state index contributed by atoms with van der Waals surface area (Å²) in [6.07, 6.45) is 0.712. The van der Waals surface area contributed by atoms with E-state index in [4.69, 9.17) is 0 Å². The molecule has 0 unspecified atom stereocenters. The first-order chi connectivity index (χ1) is 8.19. The minimum Gasteiger partial charge on any atom is -0.262 e. The predicted molar refractivity (Wildman–Crippen MR) is 62.3 cm³/mol. The number of hydrogen-bond donors (Lipinski definition) is 1. The molecule has 1 aromatic heterocycles. The van der Waals surface area contributed by atoms with Gasteiger partial charge in [0, 0.05) is 6.42 Å². The van der Waals surface area contributed by atoms with Crippen LogP contribution in [0.4, 0.5) is 4.39 Å². The molecule has 1 atom stereocenters. The third-order valence-corrected chi connectivity index (χ3v) is 3.42. The van der Waals surface area contributed by atoms with E-state index in [0.717, 1.165) is 0 Å². The normalized spacial score (nSPS) is 12.6. The van der Waals surface area contributed by atoms with E-state index in [1.54, 1.807) is 12.1 Å². The van der Waals surface area contributed by atoms with E-state index >= 15 is 0 Å². The first-order valence-corrected chi connectivity index (χ1v) is 6.55. The fourth-order valence-electron chi connectivity index (χ4n) is 1.38. The number of hydrogen-bond acceptors (Lipinski definition) is 3. The minimum atomic E-state index is -1.34. The minimum absolute atomic E-state index is 0.221. The van der Waals surface area contributed by atoms with Crippen molar-refractivity contribution in [1.29, 1.82) is 0 Å². The SMILES string of the molecule is CCc1nc([S@@](=O)Cc2cccc(F)c2)n[nH]1. The lowest BCUT2D eigenvalue weighted by Gasteiger charge is -1.98. The van der Waals surface area contributed by atoms with Gasteiger partial charge in [-0.3, -0.25) is 9.31 Å². The van der Waals surface area contributed by atoms with Crippen LogP contribution in [0.25, 0.3) is 0 Å². The van der Waals surface area contributed by atoms with Crippen LogP contribution in [0.5, 0.6) is 0 Å². The molecule has 2 aromatic rings. The van der Waals surface area contributed by atoms with Gasteiger partial charge < -0.3 is 0 Å². The molecule has 0 spiro atoms. The topological polar surface area (TPSA) is 58.6 Å². The maximum Gasteiger partial charge on any atom is 0.239 e. The van der Waals surface area contributed by atoms with E-state index in [-0.39, 0.29) is 16.7 Å². The van der Waals surface area contributed by atoms with Crippen molar-refractivity contribution in [2.24, 2.45) is 0 Å². The van der Waals surface area contributed by atoms with E-state index in [2.05, 4.69) is 15.2 Å². The van der Waals surface area contributed by atoms with Crippen LogP contribution >= 0.6 is 0 Å². The molecular weight excluding hydrogens is 241 g/mol. The molecule has 0 radical (unpaired) electrons. The van der Waals surface area contributed by atoms with Crippen LogP contribution in [-0.2, 0) is 23.0 Å². The molecule has 0 bridgehead atoms. The lowest BCUT2D eigenvalue weighted by atomic mass is 10.2. The van der Waals surface area contributed by atoms with Crippen LogP contribution in [0.1, 0.15) is 18.3 Å². The summed E-state index contributed by atoms with van der Waals surface area (Å²) >= 11 is 0. The lowest BCUT2D eigenvalue weighted by Crippen LogP contribution is -1.99. The third-order valence-electron chi connectivity index (χ3n) is 2.24. The van der Waals surface area contributed by atoms with Crippen LogP contribution in [0.15, 0.2) is 29.4 Å². The van der Waals surface area contributed by atoms with Crippen LogP contribution in [-0.4, -0.2) is 19.4 Å².